The number of amides is 2. The van der Waals surface area contributed by atoms with E-state index in [9.17, 15) is 9.59 Å². The quantitative estimate of drug-likeness (QED) is 0.612. The van der Waals surface area contributed by atoms with Crippen LogP contribution >= 0.6 is 0 Å². The third-order valence-electron chi connectivity index (χ3n) is 3.68. The van der Waals surface area contributed by atoms with E-state index in [0.29, 0.717) is 18.9 Å². The summed E-state index contributed by atoms with van der Waals surface area (Å²) in [5.41, 5.74) is -0.317. The summed E-state index contributed by atoms with van der Waals surface area (Å²) in [6, 6.07) is 1.35. The van der Waals surface area contributed by atoms with Gasteiger partial charge in [0, 0.05) is 19.3 Å². The predicted octanol–water partition coefficient (Wildman–Crippen LogP) is 3.53. The zero-order valence-electron chi connectivity index (χ0n) is 14.4. The van der Waals surface area contributed by atoms with Gasteiger partial charge in [0.05, 0.1) is 0 Å². The monoisotopic (exact) mass is 322 g/mol. The first kappa shape index (κ1) is 19.2. The molecule has 0 spiro atoms. The molecule has 1 aromatic rings. The van der Waals surface area contributed by atoms with E-state index in [1.54, 1.807) is 16.8 Å². The summed E-state index contributed by atoms with van der Waals surface area (Å²) in [5.74, 6) is 0.297. The van der Waals surface area contributed by atoms with E-state index in [2.05, 4.69) is 29.5 Å². The van der Waals surface area contributed by atoms with Crippen molar-refractivity contribution < 1.29 is 4.79 Å². The number of unbranched alkanes of at least 4 members (excludes halogenated alkanes) is 6. The van der Waals surface area contributed by atoms with Gasteiger partial charge in [0.25, 0.3) is 0 Å². The third kappa shape index (κ3) is 8.38. The molecule has 130 valence electrons. The molecule has 1 rings (SSSR count). The summed E-state index contributed by atoms with van der Waals surface area (Å²) in [4.78, 5) is 27.5. The molecule has 0 atom stereocenters. The second-order valence-electron chi connectivity index (χ2n) is 5.79. The fourth-order valence-corrected chi connectivity index (χ4v) is 2.29. The minimum absolute atomic E-state index is 0.297. The maximum Gasteiger partial charge on any atom is 0.349 e. The van der Waals surface area contributed by atoms with Crippen molar-refractivity contribution in [2.75, 3.05) is 11.9 Å². The van der Waals surface area contributed by atoms with Gasteiger partial charge >= 0.3 is 11.7 Å². The summed E-state index contributed by atoms with van der Waals surface area (Å²) in [7, 11) is 0. The van der Waals surface area contributed by atoms with Crippen LogP contribution in [-0.4, -0.2) is 22.1 Å². The Bertz CT molecular complexity index is 514. The Labute approximate surface area is 138 Å². The molecule has 0 aliphatic heterocycles. The number of hydrogen-bond acceptors (Lipinski definition) is 3. The predicted molar refractivity (Wildman–Crippen MR) is 93.8 cm³/mol. The Morgan fingerprint density at radius 2 is 1.78 bits per heavy atom. The molecule has 0 aliphatic rings. The van der Waals surface area contributed by atoms with Crippen LogP contribution in [-0.2, 0) is 6.54 Å². The van der Waals surface area contributed by atoms with Gasteiger partial charge in [0.1, 0.15) is 5.82 Å². The van der Waals surface area contributed by atoms with Crippen molar-refractivity contribution in [3.63, 3.8) is 0 Å². The van der Waals surface area contributed by atoms with Gasteiger partial charge < -0.3 is 5.32 Å². The van der Waals surface area contributed by atoms with Crippen LogP contribution in [0.3, 0.4) is 0 Å². The zero-order chi connectivity index (χ0) is 16.9. The Kier molecular flexibility index (Phi) is 9.75. The molecule has 1 heterocycles. The van der Waals surface area contributed by atoms with E-state index in [0.717, 1.165) is 25.7 Å². The highest BCUT2D eigenvalue weighted by molar-refractivity contribution is 5.87. The normalized spacial score (nSPS) is 10.5. The molecular formula is C17H30N4O2. The number of urea groups is 1. The minimum Gasteiger partial charge on any atom is -0.338 e. The average Bonchev–Trinajstić information content (AvgIpc) is 2.53. The van der Waals surface area contributed by atoms with Crippen molar-refractivity contribution in [2.24, 2.45) is 0 Å². The molecular weight excluding hydrogens is 292 g/mol. The van der Waals surface area contributed by atoms with Crippen molar-refractivity contribution in [1.29, 1.82) is 0 Å². The molecule has 0 aromatic carbocycles. The smallest absolute Gasteiger partial charge is 0.338 e. The van der Waals surface area contributed by atoms with Gasteiger partial charge in [-0.25, -0.2) is 9.59 Å². The van der Waals surface area contributed by atoms with E-state index >= 15 is 0 Å². The van der Waals surface area contributed by atoms with Crippen molar-refractivity contribution in [3.8, 4) is 0 Å². The fourth-order valence-electron chi connectivity index (χ4n) is 2.29. The number of aromatic nitrogens is 2. The van der Waals surface area contributed by atoms with Crippen LogP contribution in [0.4, 0.5) is 10.6 Å². The number of carbonyl (C=O) groups excluding carboxylic acids is 1. The van der Waals surface area contributed by atoms with E-state index in [1.807, 2.05) is 0 Å². The number of carbonyl (C=O) groups is 1. The van der Waals surface area contributed by atoms with Crippen LogP contribution < -0.4 is 16.3 Å². The highest BCUT2D eigenvalue weighted by Gasteiger charge is 2.04. The fraction of sp³-hybridized carbons (Fsp3) is 0.706. The number of nitrogens with one attached hydrogen (secondary N) is 2. The third-order valence-corrected chi connectivity index (χ3v) is 3.68. The van der Waals surface area contributed by atoms with Gasteiger partial charge in [-0.2, -0.15) is 4.98 Å². The SMILES string of the molecule is CCCCCCNC(=O)Nc1ccn(CCCCCC)c(=O)n1. The van der Waals surface area contributed by atoms with Crippen molar-refractivity contribution in [2.45, 2.75) is 71.8 Å². The zero-order valence-corrected chi connectivity index (χ0v) is 14.4. The highest BCUT2D eigenvalue weighted by Crippen LogP contribution is 2.02. The molecule has 0 aliphatic carbocycles. The Balaban J connectivity index is 2.35. The van der Waals surface area contributed by atoms with Gasteiger partial charge in [-0.3, -0.25) is 9.88 Å². The van der Waals surface area contributed by atoms with Crippen LogP contribution in [0.25, 0.3) is 0 Å². The lowest BCUT2D eigenvalue weighted by atomic mass is 10.2. The van der Waals surface area contributed by atoms with Crippen LogP contribution in [0.5, 0.6) is 0 Å². The molecule has 0 bridgehead atoms. The van der Waals surface area contributed by atoms with Crippen molar-refractivity contribution in [3.05, 3.63) is 22.7 Å². The first-order valence-electron chi connectivity index (χ1n) is 8.79. The van der Waals surface area contributed by atoms with Gasteiger partial charge in [-0.15, -0.1) is 0 Å². The second kappa shape index (κ2) is 11.7. The van der Waals surface area contributed by atoms with Gasteiger partial charge in [-0.05, 0) is 18.9 Å². The van der Waals surface area contributed by atoms with E-state index in [-0.39, 0.29) is 11.7 Å². The lowest BCUT2D eigenvalue weighted by Gasteiger charge is -2.08. The van der Waals surface area contributed by atoms with Gasteiger partial charge in [0.2, 0.25) is 0 Å². The van der Waals surface area contributed by atoms with E-state index in [1.165, 1.54) is 25.7 Å². The maximum atomic E-state index is 11.9. The minimum atomic E-state index is -0.317. The highest BCUT2D eigenvalue weighted by atomic mass is 16.2. The van der Waals surface area contributed by atoms with Crippen molar-refractivity contribution in [1.82, 2.24) is 14.9 Å². The summed E-state index contributed by atoms with van der Waals surface area (Å²) in [5, 5.41) is 5.38. The Morgan fingerprint density at radius 1 is 1.09 bits per heavy atom. The second-order valence-corrected chi connectivity index (χ2v) is 5.79. The van der Waals surface area contributed by atoms with Crippen LogP contribution in [0.1, 0.15) is 65.2 Å². The van der Waals surface area contributed by atoms with Gasteiger partial charge in [0.15, 0.2) is 0 Å². The standard InChI is InChI=1S/C17H30N4O2/c1-3-5-7-9-12-18-16(22)19-15-11-14-21(17(23)20-15)13-10-8-6-4-2/h11,14H,3-10,12-13H2,1-2H3,(H2,18,19,20,22,23). The molecule has 2 N–H and O–H groups in total. The largest absolute Gasteiger partial charge is 0.349 e. The molecule has 23 heavy (non-hydrogen) atoms. The lowest BCUT2D eigenvalue weighted by molar-refractivity contribution is 0.252. The molecule has 2 amide bonds. The van der Waals surface area contributed by atoms with Crippen LogP contribution in [0.15, 0.2) is 17.1 Å². The first-order valence-corrected chi connectivity index (χ1v) is 8.79. The maximum absolute atomic E-state index is 11.9. The number of hydrogen-bond donors (Lipinski definition) is 2. The number of aryl methyl sites for hydroxylation is 1. The van der Waals surface area contributed by atoms with Gasteiger partial charge in [-0.1, -0.05) is 52.4 Å². The summed E-state index contributed by atoms with van der Waals surface area (Å²) < 4.78 is 1.59. The lowest BCUT2D eigenvalue weighted by Crippen LogP contribution is -2.31. The van der Waals surface area contributed by atoms with E-state index in [4.69, 9.17) is 0 Å². The average molecular weight is 322 g/mol. The number of nitrogens with zero attached hydrogens (tertiary/aromatic N) is 2. The Morgan fingerprint density at radius 3 is 2.43 bits per heavy atom. The van der Waals surface area contributed by atoms with Crippen LogP contribution in [0.2, 0.25) is 0 Å². The molecule has 6 nitrogen and oxygen atoms in total. The molecule has 0 radical (unpaired) electrons. The summed E-state index contributed by atoms with van der Waals surface area (Å²) in [6.07, 6.45) is 10.6. The number of rotatable bonds is 11. The Hall–Kier alpha value is -1.85. The van der Waals surface area contributed by atoms with Crippen LogP contribution in [0, 0.1) is 0 Å². The molecule has 1 aromatic heterocycles. The topological polar surface area (TPSA) is 76.0 Å². The molecule has 6 heteroatoms. The summed E-state index contributed by atoms with van der Waals surface area (Å²) >= 11 is 0. The number of anilines is 1. The van der Waals surface area contributed by atoms with E-state index < -0.39 is 0 Å². The molecule has 0 saturated heterocycles. The summed E-state index contributed by atoms with van der Waals surface area (Å²) in [6.45, 7) is 5.62. The first-order chi connectivity index (χ1) is 11.2. The molecule has 0 unspecified atom stereocenters. The molecule has 0 saturated carbocycles. The molecule has 0 fully saturated rings. The van der Waals surface area contributed by atoms with Crippen molar-refractivity contribution >= 4 is 11.8 Å².